The summed E-state index contributed by atoms with van der Waals surface area (Å²) in [7, 11) is 0. The lowest BCUT2D eigenvalue weighted by Gasteiger charge is -2.07. The number of nitrogens with one attached hydrogen (secondary N) is 1. The minimum atomic E-state index is -0.111. The van der Waals surface area contributed by atoms with Crippen molar-refractivity contribution >= 4 is 45.2 Å². The largest absolute Gasteiger partial charge is 0.352 e. The molecule has 17 heavy (non-hydrogen) atoms. The molecule has 1 N–H and O–H groups in total. The highest BCUT2D eigenvalue weighted by Crippen LogP contribution is 2.25. The number of halogens is 2. The van der Waals surface area contributed by atoms with Crippen LogP contribution in [-0.4, -0.2) is 24.5 Å². The minimum absolute atomic E-state index is 0.111. The molecule has 0 aromatic heterocycles. The number of carbonyl (C=O) groups excluding carboxylic acids is 1. The summed E-state index contributed by atoms with van der Waals surface area (Å²) in [6.45, 7) is 0.697. The monoisotopic (exact) mass is 335 g/mol. The molecular formula is C12H15BrClNOS. The van der Waals surface area contributed by atoms with Crippen LogP contribution in [0.4, 0.5) is 0 Å². The van der Waals surface area contributed by atoms with Crippen LogP contribution in [0.1, 0.15) is 23.2 Å². The van der Waals surface area contributed by atoms with Crippen molar-refractivity contribution in [1.29, 1.82) is 0 Å². The topological polar surface area (TPSA) is 29.1 Å². The second kappa shape index (κ2) is 8.01. The highest BCUT2D eigenvalue weighted by molar-refractivity contribution is 9.10. The standard InChI is InChI=1S/C12H15BrClNOS/c1-17-8-3-2-7-15-12(16)9-5-4-6-10(13)11(9)14/h4-6H,2-3,7-8H2,1H3,(H,15,16). The molecule has 0 atom stereocenters. The zero-order valence-corrected chi connectivity index (χ0v) is 12.8. The van der Waals surface area contributed by atoms with Gasteiger partial charge < -0.3 is 5.32 Å². The van der Waals surface area contributed by atoms with Crippen LogP contribution >= 0.6 is 39.3 Å². The van der Waals surface area contributed by atoms with Gasteiger partial charge >= 0.3 is 0 Å². The van der Waals surface area contributed by atoms with Gasteiger partial charge in [0, 0.05) is 11.0 Å². The van der Waals surface area contributed by atoms with Gasteiger partial charge in [0.15, 0.2) is 0 Å². The van der Waals surface area contributed by atoms with Crippen molar-refractivity contribution in [1.82, 2.24) is 5.32 Å². The van der Waals surface area contributed by atoms with E-state index in [0.29, 0.717) is 17.1 Å². The van der Waals surface area contributed by atoms with E-state index in [4.69, 9.17) is 11.6 Å². The van der Waals surface area contributed by atoms with E-state index in [2.05, 4.69) is 27.5 Å². The lowest BCUT2D eigenvalue weighted by atomic mass is 10.2. The molecule has 94 valence electrons. The molecule has 0 bridgehead atoms. The molecule has 0 unspecified atom stereocenters. The maximum Gasteiger partial charge on any atom is 0.252 e. The maximum absolute atomic E-state index is 11.8. The number of hydrogen-bond donors (Lipinski definition) is 1. The van der Waals surface area contributed by atoms with Crippen molar-refractivity contribution in [3.8, 4) is 0 Å². The lowest BCUT2D eigenvalue weighted by molar-refractivity contribution is 0.0953. The summed E-state index contributed by atoms with van der Waals surface area (Å²) in [6.07, 6.45) is 4.20. The normalized spacial score (nSPS) is 10.3. The molecule has 0 saturated heterocycles. The van der Waals surface area contributed by atoms with Gasteiger partial charge in [-0.1, -0.05) is 17.7 Å². The summed E-state index contributed by atoms with van der Waals surface area (Å²) >= 11 is 11.2. The zero-order chi connectivity index (χ0) is 12.7. The van der Waals surface area contributed by atoms with E-state index < -0.39 is 0 Å². The number of benzene rings is 1. The molecule has 0 heterocycles. The van der Waals surface area contributed by atoms with Gasteiger partial charge in [0.1, 0.15) is 0 Å². The third-order valence-electron chi connectivity index (χ3n) is 2.26. The molecule has 0 aliphatic rings. The summed E-state index contributed by atoms with van der Waals surface area (Å²) in [4.78, 5) is 11.8. The van der Waals surface area contributed by atoms with Gasteiger partial charge in [0.05, 0.1) is 10.6 Å². The fraction of sp³-hybridized carbons (Fsp3) is 0.417. The molecule has 1 rings (SSSR count). The van der Waals surface area contributed by atoms with Crippen LogP contribution in [0.25, 0.3) is 0 Å². The van der Waals surface area contributed by atoms with E-state index in [1.165, 1.54) is 0 Å². The molecule has 0 fully saturated rings. The van der Waals surface area contributed by atoms with Crippen molar-refractivity contribution in [2.75, 3.05) is 18.6 Å². The van der Waals surface area contributed by atoms with Crippen LogP contribution in [0.5, 0.6) is 0 Å². The molecular weight excluding hydrogens is 322 g/mol. The highest BCUT2D eigenvalue weighted by atomic mass is 79.9. The Hall–Kier alpha value is -0.190. The van der Waals surface area contributed by atoms with Crippen LogP contribution in [0, 0.1) is 0 Å². The molecule has 0 spiro atoms. The SMILES string of the molecule is CSCCCCNC(=O)c1cccc(Br)c1Cl. The van der Waals surface area contributed by atoms with Crippen molar-refractivity contribution in [3.63, 3.8) is 0 Å². The lowest BCUT2D eigenvalue weighted by Crippen LogP contribution is -2.24. The molecule has 0 radical (unpaired) electrons. The summed E-state index contributed by atoms with van der Waals surface area (Å²) < 4.78 is 0.745. The van der Waals surface area contributed by atoms with E-state index in [9.17, 15) is 4.79 Å². The van der Waals surface area contributed by atoms with Gasteiger partial charge in [-0.25, -0.2) is 0 Å². The molecule has 0 aliphatic carbocycles. The van der Waals surface area contributed by atoms with Crippen LogP contribution in [0.15, 0.2) is 22.7 Å². The first kappa shape index (κ1) is 14.9. The minimum Gasteiger partial charge on any atom is -0.352 e. The van der Waals surface area contributed by atoms with Crippen LogP contribution in [-0.2, 0) is 0 Å². The second-order valence-corrected chi connectivity index (χ2v) is 5.78. The van der Waals surface area contributed by atoms with Gasteiger partial charge in [-0.05, 0) is 52.9 Å². The molecule has 0 saturated carbocycles. The first-order valence-electron chi connectivity index (χ1n) is 5.38. The van der Waals surface area contributed by atoms with E-state index in [-0.39, 0.29) is 5.91 Å². The van der Waals surface area contributed by atoms with Gasteiger partial charge in [-0.3, -0.25) is 4.79 Å². The first-order chi connectivity index (χ1) is 8.16. The Balaban J connectivity index is 2.44. The summed E-state index contributed by atoms with van der Waals surface area (Å²) in [5.41, 5.74) is 0.519. The van der Waals surface area contributed by atoms with Gasteiger partial charge in [0.25, 0.3) is 5.91 Å². The number of thioether (sulfide) groups is 1. The van der Waals surface area contributed by atoms with Crippen molar-refractivity contribution in [2.45, 2.75) is 12.8 Å². The zero-order valence-electron chi connectivity index (χ0n) is 9.63. The van der Waals surface area contributed by atoms with Crippen molar-refractivity contribution in [2.24, 2.45) is 0 Å². The van der Waals surface area contributed by atoms with Gasteiger partial charge in [-0.2, -0.15) is 11.8 Å². The van der Waals surface area contributed by atoms with E-state index in [1.54, 1.807) is 12.1 Å². The van der Waals surface area contributed by atoms with E-state index in [1.807, 2.05) is 17.8 Å². The fourth-order valence-corrected chi connectivity index (χ4v) is 2.42. The van der Waals surface area contributed by atoms with Crippen molar-refractivity contribution < 1.29 is 4.79 Å². The third-order valence-corrected chi connectivity index (χ3v) is 4.25. The van der Waals surface area contributed by atoms with Crippen LogP contribution in [0.2, 0.25) is 5.02 Å². The Bertz CT molecular complexity index is 387. The fourth-order valence-electron chi connectivity index (χ4n) is 1.35. The molecule has 0 aliphatic heterocycles. The highest BCUT2D eigenvalue weighted by Gasteiger charge is 2.11. The number of rotatable bonds is 6. The molecule has 2 nitrogen and oxygen atoms in total. The smallest absolute Gasteiger partial charge is 0.252 e. The Morgan fingerprint density at radius 1 is 1.47 bits per heavy atom. The summed E-state index contributed by atoms with van der Waals surface area (Å²) in [5, 5.41) is 3.34. The predicted molar refractivity (Wildman–Crippen MR) is 79.1 cm³/mol. The quantitative estimate of drug-likeness (QED) is 0.796. The van der Waals surface area contributed by atoms with E-state index in [0.717, 1.165) is 23.1 Å². The third kappa shape index (κ3) is 4.90. The number of amides is 1. The number of carbonyl (C=O) groups is 1. The molecule has 5 heteroatoms. The number of hydrogen-bond acceptors (Lipinski definition) is 2. The molecule has 1 aromatic rings. The average Bonchev–Trinajstić information content (AvgIpc) is 2.32. The Labute approximate surface area is 120 Å². The average molecular weight is 337 g/mol. The maximum atomic E-state index is 11.8. The second-order valence-electron chi connectivity index (χ2n) is 3.56. The van der Waals surface area contributed by atoms with Gasteiger partial charge in [0.2, 0.25) is 0 Å². The van der Waals surface area contributed by atoms with E-state index >= 15 is 0 Å². The van der Waals surface area contributed by atoms with Crippen LogP contribution < -0.4 is 5.32 Å². The Morgan fingerprint density at radius 2 is 2.24 bits per heavy atom. The predicted octanol–water partition coefficient (Wildman–Crippen LogP) is 3.98. The number of unbranched alkanes of at least 4 members (excludes halogenated alkanes) is 1. The summed E-state index contributed by atoms with van der Waals surface area (Å²) in [6, 6.07) is 5.35. The summed E-state index contributed by atoms with van der Waals surface area (Å²) in [5.74, 6) is 1.02. The van der Waals surface area contributed by atoms with Crippen LogP contribution in [0.3, 0.4) is 0 Å². The van der Waals surface area contributed by atoms with Gasteiger partial charge in [-0.15, -0.1) is 0 Å². The Kier molecular flexibility index (Phi) is 7.00. The molecule has 1 amide bonds. The van der Waals surface area contributed by atoms with Crippen molar-refractivity contribution in [3.05, 3.63) is 33.3 Å². The molecule has 1 aromatic carbocycles. The Morgan fingerprint density at radius 3 is 2.94 bits per heavy atom. The first-order valence-corrected chi connectivity index (χ1v) is 7.94.